The van der Waals surface area contributed by atoms with Gasteiger partial charge in [0.25, 0.3) is 5.91 Å². The number of H-pyrrole nitrogens is 1. The molecule has 0 aliphatic heterocycles. The van der Waals surface area contributed by atoms with Gasteiger partial charge in [-0.1, -0.05) is 30.3 Å². The Hall–Kier alpha value is -3.41. The van der Waals surface area contributed by atoms with Crippen LogP contribution in [0.3, 0.4) is 0 Å². The van der Waals surface area contributed by atoms with E-state index in [9.17, 15) is 4.79 Å². The molecule has 6 nitrogen and oxygen atoms in total. The molecule has 0 aliphatic carbocycles. The van der Waals surface area contributed by atoms with E-state index in [1.54, 1.807) is 6.20 Å². The van der Waals surface area contributed by atoms with Gasteiger partial charge in [-0.3, -0.25) is 14.6 Å². The van der Waals surface area contributed by atoms with E-state index < -0.39 is 0 Å². The fourth-order valence-electron chi connectivity index (χ4n) is 2.66. The van der Waals surface area contributed by atoms with E-state index in [1.807, 2.05) is 65.5 Å². The Balaban J connectivity index is 1.55. The summed E-state index contributed by atoms with van der Waals surface area (Å²) in [6.45, 7) is 0.655. The van der Waals surface area contributed by atoms with Crippen LogP contribution in [0.1, 0.15) is 16.1 Å². The molecule has 118 valence electrons. The first-order valence-electron chi connectivity index (χ1n) is 7.60. The van der Waals surface area contributed by atoms with E-state index in [4.69, 9.17) is 0 Å². The smallest absolute Gasteiger partial charge is 0.276 e. The number of anilines is 1. The van der Waals surface area contributed by atoms with Gasteiger partial charge in [-0.25, -0.2) is 0 Å². The van der Waals surface area contributed by atoms with E-state index in [2.05, 4.69) is 20.6 Å². The van der Waals surface area contributed by atoms with Crippen LogP contribution in [0.2, 0.25) is 0 Å². The van der Waals surface area contributed by atoms with Crippen LogP contribution in [0.4, 0.5) is 5.69 Å². The maximum Gasteiger partial charge on any atom is 0.276 e. The Bertz CT molecular complexity index is 988. The first-order chi connectivity index (χ1) is 11.8. The molecule has 0 unspecified atom stereocenters. The Morgan fingerprint density at radius 1 is 1.12 bits per heavy atom. The molecule has 0 bridgehead atoms. The molecule has 0 fully saturated rings. The molecule has 1 amide bonds. The summed E-state index contributed by atoms with van der Waals surface area (Å²) in [4.78, 5) is 12.5. The van der Waals surface area contributed by atoms with Crippen molar-refractivity contribution < 1.29 is 4.79 Å². The summed E-state index contributed by atoms with van der Waals surface area (Å²) in [5.74, 6) is -0.233. The maximum absolute atomic E-state index is 12.5. The molecule has 0 spiro atoms. The number of hydrogen-bond donors (Lipinski definition) is 2. The number of carbonyl (C=O) groups is 1. The number of amides is 1. The molecule has 4 rings (SSSR count). The van der Waals surface area contributed by atoms with Gasteiger partial charge in [0, 0.05) is 23.5 Å². The minimum atomic E-state index is -0.233. The first-order valence-corrected chi connectivity index (χ1v) is 7.60. The molecular weight excluding hydrogens is 302 g/mol. The van der Waals surface area contributed by atoms with Crippen LogP contribution in [-0.4, -0.2) is 25.9 Å². The Labute approximate surface area is 138 Å². The molecule has 24 heavy (non-hydrogen) atoms. The lowest BCUT2D eigenvalue weighted by Gasteiger charge is -2.07. The van der Waals surface area contributed by atoms with Crippen LogP contribution in [0.15, 0.2) is 67.0 Å². The standard InChI is InChI=1S/C18H15N5O/c24-18(17-15-7-1-2-8-16(15)21-22-17)20-14-6-3-5-13(11-14)12-23-10-4-9-19-23/h1-11H,12H2,(H,20,24)(H,21,22). The van der Waals surface area contributed by atoms with Gasteiger partial charge in [0.1, 0.15) is 0 Å². The van der Waals surface area contributed by atoms with Crippen molar-refractivity contribution >= 4 is 22.5 Å². The molecule has 2 heterocycles. The fourth-order valence-corrected chi connectivity index (χ4v) is 2.66. The number of para-hydroxylation sites is 1. The molecule has 2 aromatic carbocycles. The summed E-state index contributed by atoms with van der Waals surface area (Å²) in [6, 6.07) is 17.2. The minimum Gasteiger partial charge on any atom is -0.321 e. The number of carbonyl (C=O) groups excluding carboxylic acids is 1. The molecule has 2 aromatic heterocycles. The van der Waals surface area contributed by atoms with Crippen LogP contribution in [-0.2, 0) is 6.54 Å². The summed E-state index contributed by atoms with van der Waals surface area (Å²) in [5.41, 5.74) is 3.03. The normalized spacial score (nSPS) is 10.8. The summed E-state index contributed by atoms with van der Waals surface area (Å²) < 4.78 is 1.84. The topological polar surface area (TPSA) is 75.6 Å². The van der Waals surface area contributed by atoms with Gasteiger partial charge in [0.2, 0.25) is 0 Å². The Kier molecular flexibility index (Phi) is 3.55. The van der Waals surface area contributed by atoms with Crippen LogP contribution in [0.25, 0.3) is 10.9 Å². The zero-order valence-corrected chi connectivity index (χ0v) is 12.8. The van der Waals surface area contributed by atoms with E-state index in [1.165, 1.54) is 0 Å². The maximum atomic E-state index is 12.5. The second kappa shape index (κ2) is 6.00. The molecule has 0 saturated carbocycles. The number of fused-ring (bicyclic) bond motifs is 1. The lowest BCUT2D eigenvalue weighted by atomic mass is 10.2. The molecule has 0 atom stereocenters. The van der Waals surface area contributed by atoms with Gasteiger partial charge in [0.15, 0.2) is 5.69 Å². The Morgan fingerprint density at radius 2 is 2.04 bits per heavy atom. The van der Waals surface area contributed by atoms with E-state index in [-0.39, 0.29) is 5.91 Å². The second-order valence-corrected chi connectivity index (χ2v) is 5.48. The number of aromatic nitrogens is 4. The Morgan fingerprint density at radius 3 is 2.92 bits per heavy atom. The third kappa shape index (κ3) is 2.77. The van der Waals surface area contributed by atoms with Gasteiger partial charge in [-0.2, -0.15) is 10.2 Å². The highest BCUT2D eigenvalue weighted by Gasteiger charge is 2.14. The number of benzene rings is 2. The molecule has 0 aliphatic rings. The summed E-state index contributed by atoms with van der Waals surface area (Å²) in [6.07, 6.45) is 3.65. The zero-order valence-electron chi connectivity index (χ0n) is 12.8. The predicted octanol–water partition coefficient (Wildman–Crippen LogP) is 3.06. The lowest BCUT2D eigenvalue weighted by molar-refractivity contribution is 0.102. The van der Waals surface area contributed by atoms with Crippen molar-refractivity contribution in [2.45, 2.75) is 6.54 Å². The number of hydrogen-bond acceptors (Lipinski definition) is 3. The third-order valence-corrected chi connectivity index (χ3v) is 3.77. The molecular formula is C18H15N5O. The first kappa shape index (κ1) is 14.2. The fraction of sp³-hybridized carbons (Fsp3) is 0.0556. The van der Waals surface area contributed by atoms with E-state index in [0.717, 1.165) is 22.2 Å². The molecule has 4 aromatic rings. The van der Waals surface area contributed by atoms with E-state index in [0.29, 0.717) is 12.2 Å². The van der Waals surface area contributed by atoms with Crippen molar-refractivity contribution in [2.75, 3.05) is 5.32 Å². The number of nitrogens with one attached hydrogen (secondary N) is 2. The highest BCUT2D eigenvalue weighted by atomic mass is 16.1. The number of aromatic amines is 1. The van der Waals surface area contributed by atoms with Crippen molar-refractivity contribution in [3.8, 4) is 0 Å². The number of nitrogens with zero attached hydrogens (tertiary/aromatic N) is 3. The number of rotatable bonds is 4. The zero-order chi connectivity index (χ0) is 16.4. The second-order valence-electron chi connectivity index (χ2n) is 5.48. The average Bonchev–Trinajstić information content (AvgIpc) is 3.24. The summed E-state index contributed by atoms with van der Waals surface area (Å²) in [7, 11) is 0. The van der Waals surface area contributed by atoms with Gasteiger partial charge >= 0.3 is 0 Å². The third-order valence-electron chi connectivity index (χ3n) is 3.77. The minimum absolute atomic E-state index is 0.233. The van der Waals surface area contributed by atoms with Crippen molar-refractivity contribution in [2.24, 2.45) is 0 Å². The highest BCUT2D eigenvalue weighted by Crippen LogP contribution is 2.18. The van der Waals surface area contributed by atoms with Crippen molar-refractivity contribution in [1.82, 2.24) is 20.0 Å². The molecule has 2 N–H and O–H groups in total. The average molecular weight is 317 g/mol. The van der Waals surface area contributed by atoms with Crippen LogP contribution < -0.4 is 5.32 Å². The summed E-state index contributed by atoms with van der Waals surface area (Å²) >= 11 is 0. The highest BCUT2D eigenvalue weighted by molar-refractivity contribution is 6.11. The van der Waals surface area contributed by atoms with Crippen molar-refractivity contribution in [1.29, 1.82) is 0 Å². The molecule has 6 heteroatoms. The van der Waals surface area contributed by atoms with Crippen LogP contribution in [0.5, 0.6) is 0 Å². The summed E-state index contributed by atoms with van der Waals surface area (Å²) in [5, 5.41) is 14.9. The van der Waals surface area contributed by atoms with Gasteiger partial charge in [-0.15, -0.1) is 0 Å². The SMILES string of the molecule is O=C(Nc1cccc(Cn2cccn2)c1)c1n[nH]c2ccccc12. The van der Waals surface area contributed by atoms with Crippen molar-refractivity contribution in [3.05, 3.63) is 78.2 Å². The lowest BCUT2D eigenvalue weighted by Crippen LogP contribution is -2.13. The van der Waals surface area contributed by atoms with Crippen LogP contribution >= 0.6 is 0 Å². The van der Waals surface area contributed by atoms with Gasteiger partial charge < -0.3 is 5.32 Å². The van der Waals surface area contributed by atoms with Crippen molar-refractivity contribution in [3.63, 3.8) is 0 Å². The monoisotopic (exact) mass is 317 g/mol. The predicted molar refractivity (Wildman–Crippen MR) is 91.8 cm³/mol. The molecule has 0 saturated heterocycles. The van der Waals surface area contributed by atoms with Gasteiger partial charge in [0.05, 0.1) is 12.1 Å². The molecule has 0 radical (unpaired) electrons. The van der Waals surface area contributed by atoms with E-state index >= 15 is 0 Å². The van der Waals surface area contributed by atoms with Gasteiger partial charge in [-0.05, 0) is 29.8 Å². The quantitative estimate of drug-likeness (QED) is 0.607. The largest absolute Gasteiger partial charge is 0.321 e. The van der Waals surface area contributed by atoms with Crippen LogP contribution in [0, 0.1) is 0 Å².